The first-order valence-electron chi connectivity index (χ1n) is 2.48. The Bertz CT molecular complexity index is 122. The van der Waals surface area contributed by atoms with Crippen LogP contribution in [0, 0.1) is 12.7 Å². The van der Waals surface area contributed by atoms with E-state index in [1.165, 1.54) is 0 Å². The minimum atomic E-state index is -3.08. The van der Waals surface area contributed by atoms with Gasteiger partial charge < -0.3 is 13.2 Å². The molecule has 0 nitrogen and oxygen atoms in total. The SMILES string of the molecule is F[C-](F)F.P.P.[Pd+2].[c-]1ccccc1. The van der Waals surface area contributed by atoms with Crippen LogP contribution in [-0.2, 0) is 20.4 Å². The van der Waals surface area contributed by atoms with E-state index in [0.717, 1.165) is 0 Å². The molecule has 0 aliphatic rings. The molecule has 1 rings (SSSR count). The number of rotatable bonds is 0. The molecule has 0 N–H and O–H groups in total. The zero-order valence-corrected chi connectivity index (χ0v) is 11.1. The molecular weight excluding hydrogens is 309 g/mol. The molecule has 2 atom stereocenters. The molecule has 2 unspecified atom stereocenters. The molecule has 0 radical (unpaired) electrons. The third-order valence-electron chi connectivity index (χ3n) is 0.607. The summed E-state index contributed by atoms with van der Waals surface area (Å²) in [5.41, 5.74) is 0. The van der Waals surface area contributed by atoms with Gasteiger partial charge in [-0.25, -0.2) is 0 Å². The molecule has 0 saturated carbocycles. The first-order chi connectivity index (χ1) is 4.73. The Morgan fingerprint density at radius 2 is 1.15 bits per heavy atom. The normalized spacial score (nSPS) is 6.46. The Balaban J connectivity index is -0.0000000536. The van der Waals surface area contributed by atoms with Gasteiger partial charge in [0.1, 0.15) is 0 Å². The maximum Gasteiger partial charge on any atom is 2.00 e. The summed E-state index contributed by atoms with van der Waals surface area (Å²) >= 11 is 0. The first kappa shape index (κ1) is 23.4. The van der Waals surface area contributed by atoms with E-state index in [1.54, 1.807) is 0 Å². The van der Waals surface area contributed by atoms with E-state index in [9.17, 15) is 13.2 Å². The van der Waals surface area contributed by atoms with E-state index in [2.05, 4.69) is 6.07 Å². The van der Waals surface area contributed by atoms with Gasteiger partial charge in [0.15, 0.2) is 6.68 Å². The van der Waals surface area contributed by atoms with Crippen molar-refractivity contribution in [3.63, 3.8) is 0 Å². The molecule has 0 bridgehead atoms. The quantitative estimate of drug-likeness (QED) is 0.392. The van der Waals surface area contributed by atoms with Gasteiger partial charge in [0.05, 0.1) is 0 Å². The van der Waals surface area contributed by atoms with Crippen LogP contribution in [0.25, 0.3) is 0 Å². The Labute approximate surface area is 96.6 Å². The van der Waals surface area contributed by atoms with Crippen LogP contribution in [0.3, 0.4) is 0 Å². The predicted molar refractivity (Wildman–Crippen MR) is 54.1 cm³/mol. The Morgan fingerprint density at radius 1 is 0.846 bits per heavy atom. The van der Waals surface area contributed by atoms with Gasteiger partial charge in [-0.05, 0) is 0 Å². The van der Waals surface area contributed by atoms with E-state index < -0.39 is 6.68 Å². The van der Waals surface area contributed by atoms with Crippen molar-refractivity contribution in [1.82, 2.24) is 0 Å². The molecule has 13 heavy (non-hydrogen) atoms. The largest absolute Gasteiger partial charge is 2.00 e. The van der Waals surface area contributed by atoms with E-state index in [1.807, 2.05) is 30.3 Å². The molecule has 0 fully saturated rings. The Hall–Kier alpha value is 0.532. The maximum atomic E-state index is 9.58. The van der Waals surface area contributed by atoms with Crippen molar-refractivity contribution in [2.24, 2.45) is 0 Å². The van der Waals surface area contributed by atoms with Crippen molar-refractivity contribution < 1.29 is 33.6 Å². The number of hydrogen-bond donors (Lipinski definition) is 0. The second-order valence-electron chi connectivity index (χ2n) is 1.29. The molecule has 0 aromatic heterocycles. The first-order valence-corrected chi connectivity index (χ1v) is 2.48. The smallest absolute Gasteiger partial charge is 0.385 e. The fourth-order valence-corrected chi connectivity index (χ4v) is 0.342. The molecule has 80 valence electrons. The van der Waals surface area contributed by atoms with Gasteiger partial charge in [0.25, 0.3) is 0 Å². The second kappa shape index (κ2) is 18.3. The Morgan fingerprint density at radius 3 is 1.23 bits per heavy atom. The summed E-state index contributed by atoms with van der Waals surface area (Å²) in [6, 6.07) is 12.5. The van der Waals surface area contributed by atoms with Crippen molar-refractivity contribution in [3.8, 4) is 0 Å². The maximum absolute atomic E-state index is 9.58. The topological polar surface area (TPSA) is 0 Å². The van der Waals surface area contributed by atoms with Crippen LogP contribution >= 0.6 is 19.8 Å². The third-order valence-corrected chi connectivity index (χ3v) is 0.607. The Kier molecular flexibility index (Phi) is 33.0. The second-order valence-corrected chi connectivity index (χ2v) is 1.29. The van der Waals surface area contributed by atoms with Gasteiger partial charge in [0.2, 0.25) is 0 Å². The van der Waals surface area contributed by atoms with Gasteiger partial charge in [-0.3, -0.25) is 0 Å². The predicted octanol–water partition coefficient (Wildman–Crippen LogP) is 2.94. The van der Waals surface area contributed by atoms with Crippen molar-refractivity contribution >= 4 is 19.8 Å². The third kappa shape index (κ3) is 32.6. The molecular formula is C7H11F3P2Pd. The average Bonchev–Trinajstić information content (AvgIpc) is 1.90. The van der Waals surface area contributed by atoms with Crippen LogP contribution in [0.4, 0.5) is 13.2 Å². The fraction of sp³-hybridized carbons (Fsp3) is 0. The van der Waals surface area contributed by atoms with Crippen molar-refractivity contribution in [2.45, 2.75) is 0 Å². The summed E-state index contributed by atoms with van der Waals surface area (Å²) in [5, 5.41) is 0. The van der Waals surface area contributed by atoms with E-state index >= 15 is 0 Å². The molecule has 1 aromatic carbocycles. The molecule has 6 heteroatoms. The zero-order chi connectivity index (χ0) is 7.82. The summed E-state index contributed by atoms with van der Waals surface area (Å²) < 4.78 is 28.8. The van der Waals surface area contributed by atoms with Gasteiger partial charge in [-0.1, -0.05) is 0 Å². The summed E-state index contributed by atoms with van der Waals surface area (Å²) in [6.45, 7) is -3.08. The number of benzene rings is 1. The summed E-state index contributed by atoms with van der Waals surface area (Å²) in [4.78, 5) is 0. The fourth-order valence-electron chi connectivity index (χ4n) is 0.342. The van der Waals surface area contributed by atoms with Gasteiger partial charge in [-0.2, -0.15) is 56.2 Å². The standard InChI is InChI=1S/C6H5.CF3.2H3P.Pd/c1-2-4-6-5-3-1;2-1(3)4;;;/h1-5H;;2*1H3;/q2*-1;;;+2. The van der Waals surface area contributed by atoms with Crippen LogP contribution < -0.4 is 0 Å². The van der Waals surface area contributed by atoms with E-state index in [4.69, 9.17) is 0 Å². The number of halogens is 3. The van der Waals surface area contributed by atoms with Crippen molar-refractivity contribution in [3.05, 3.63) is 43.1 Å². The van der Waals surface area contributed by atoms with E-state index in [0.29, 0.717) is 0 Å². The molecule has 0 aliphatic heterocycles. The van der Waals surface area contributed by atoms with E-state index in [-0.39, 0.29) is 40.2 Å². The van der Waals surface area contributed by atoms with Gasteiger partial charge in [0, 0.05) is 0 Å². The minimum Gasteiger partial charge on any atom is -0.385 e. The molecule has 1 aromatic rings. The zero-order valence-electron chi connectivity index (χ0n) is 6.75. The van der Waals surface area contributed by atoms with Gasteiger partial charge >= 0.3 is 20.4 Å². The molecule has 0 aliphatic carbocycles. The van der Waals surface area contributed by atoms with Crippen LogP contribution in [0.5, 0.6) is 0 Å². The van der Waals surface area contributed by atoms with Crippen molar-refractivity contribution in [1.29, 1.82) is 0 Å². The summed E-state index contributed by atoms with van der Waals surface area (Å²) in [6.07, 6.45) is 0. The van der Waals surface area contributed by atoms with Crippen LogP contribution in [-0.4, -0.2) is 0 Å². The van der Waals surface area contributed by atoms with Crippen LogP contribution in [0.1, 0.15) is 0 Å². The molecule has 0 saturated heterocycles. The summed E-state index contributed by atoms with van der Waals surface area (Å²) in [7, 11) is 0. The minimum absolute atomic E-state index is 0. The number of hydrogen-bond acceptors (Lipinski definition) is 0. The van der Waals surface area contributed by atoms with Crippen LogP contribution in [0.15, 0.2) is 30.3 Å². The van der Waals surface area contributed by atoms with Crippen LogP contribution in [0.2, 0.25) is 0 Å². The summed E-state index contributed by atoms with van der Waals surface area (Å²) in [5.74, 6) is 0. The monoisotopic (exact) mass is 320 g/mol. The average molecular weight is 321 g/mol. The van der Waals surface area contributed by atoms with Crippen molar-refractivity contribution in [2.75, 3.05) is 0 Å². The molecule has 0 spiro atoms. The van der Waals surface area contributed by atoms with Gasteiger partial charge in [-0.15, -0.1) is 0 Å². The molecule has 0 amide bonds. The molecule has 0 heterocycles.